The summed E-state index contributed by atoms with van der Waals surface area (Å²) in [5, 5.41) is 3.02. The van der Waals surface area contributed by atoms with Gasteiger partial charge in [0.1, 0.15) is 11.6 Å². The fourth-order valence-electron chi connectivity index (χ4n) is 2.98. The largest absolute Gasteiger partial charge is 0.493 e. The van der Waals surface area contributed by atoms with E-state index in [2.05, 4.69) is 24.1 Å². The van der Waals surface area contributed by atoms with Crippen LogP contribution in [0.15, 0.2) is 18.2 Å². The maximum atomic E-state index is 14.2. The molecule has 1 heterocycles. The molecule has 3 rings (SSSR count). The number of rotatable bonds is 9. The number of hydrogen-bond acceptors (Lipinski definition) is 3. The lowest BCUT2D eigenvalue weighted by Crippen LogP contribution is -2.53. The molecule has 1 aliphatic carbocycles. The van der Waals surface area contributed by atoms with Crippen molar-refractivity contribution >= 4 is 5.91 Å². The van der Waals surface area contributed by atoms with Crippen molar-refractivity contribution in [3.05, 3.63) is 29.6 Å². The van der Waals surface area contributed by atoms with E-state index in [4.69, 9.17) is 4.74 Å². The summed E-state index contributed by atoms with van der Waals surface area (Å²) in [5.74, 6) is 1.84. The van der Waals surface area contributed by atoms with Gasteiger partial charge >= 0.3 is 0 Å². The fraction of sp³-hybridized carbons (Fsp3) is 0.682. The van der Waals surface area contributed by atoms with Crippen LogP contribution < -0.4 is 10.1 Å². The first-order valence-electron chi connectivity index (χ1n) is 10.4. The first-order valence-corrected chi connectivity index (χ1v) is 10.4. The van der Waals surface area contributed by atoms with Gasteiger partial charge in [0.05, 0.1) is 12.5 Å². The average Bonchev–Trinajstić information content (AvgIpc) is 3.43. The minimum Gasteiger partial charge on any atom is -0.493 e. The quantitative estimate of drug-likeness (QED) is 0.699. The third-order valence-corrected chi connectivity index (χ3v) is 4.97. The van der Waals surface area contributed by atoms with E-state index in [-0.39, 0.29) is 17.6 Å². The summed E-state index contributed by atoms with van der Waals surface area (Å²) in [6.45, 7) is 11.7. The zero-order valence-electron chi connectivity index (χ0n) is 17.3. The van der Waals surface area contributed by atoms with Crippen LogP contribution in [0.1, 0.15) is 52.5 Å². The van der Waals surface area contributed by atoms with Crippen molar-refractivity contribution in [3.63, 3.8) is 0 Å². The van der Waals surface area contributed by atoms with Crippen molar-refractivity contribution in [1.82, 2.24) is 10.2 Å². The van der Waals surface area contributed by atoms with E-state index < -0.39 is 0 Å². The van der Waals surface area contributed by atoms with E-state index in [1.165, 1.54) is 18.9 Å². The summed E-state index contributed by atoms with van der Waals surface area (Å²) in [7, 11) is 0. The highest BCUT2D eigenvalue weighted by Gasteiger charge is 2.33. The van der Waals surface area contributed by atoms with E-state index in [0.29, 0.717) is 49.4 Å². The molecular weight excluding hydrogens is 343 g/mol. The number of carbonyl (C=O) groups is 1. The summed E-state index contributed by atoms with van der Waals surface area (Å²) in [4.78, 5) is 14.1. The van der Waals surface area contributed by atoms with E-state index >= 15 is 0 Å². The highest BCUT2D eigenvalue weighted by Crippen LogP contribution is 2.28. The highest BCUT2D eigenvalue weighted by atomic mass is 19.1. The maximum absolute atomic E-state index is 14.2. The number of nitrogens with one attached hydrogen (secondary N) is 1. The molecule has 1 aliphatic heterocycles. The Kier molecular flexibility index (Phi) is 8.55. The predicted molar refractivity (Wildman–Crippen MR) is 107 cm³/mol. The van der Waals surface area contributed by atoms with Crippen molar-refractivity contribution in [2.45, 2.75) is 53.5 Å². The molecule has 0 bridgehead atoms. The normalized spacial score (nSPS) is 17.1. The Bertz CT molecular complexity index is 596. The molecule has 27 heavy (non-hydrogen) atoms. The Morgan fingerprint density at radius 3 is 2.59 bits per heavy atom. The molecule has 5 heteroatoms. The minimum atomic E-state index is -0.233. The lowest BCUT2D eigenvalue weighted by atomic mass is 9.98. The lowest BCUT2D eigenvalue weighted by Gasteiger charge is -2.38. The second-order valence-corrected chi connectivity index (χ2v) is 7.86. The maximum Gasteiger partial charge on any atom is 0.225 e. The molecule has 4 nitrogen and oxygen atoms in total. The molecule has 152 valence electrons. The van der Waals surface area contributed by atoms with Gasteiger partial charge in [-0.25, -0.2) is 4.39 Å². The molecule has 0 spiro atoms. The van der Waals surface area contributed by atoms with Gasteiger partial charge in [-0.15, -0.1) is 0 Å². The second-order valence-electron chi connectivity index (χ2n) is 7.86. The molecular formula is C22H35FN2O2. The van der Waals surface area contributed by atoms with Crippen molar-refractivity contribution in [2.75, 3.05) is 26.2 Å². The molecule has 0 aromatic heterocycles. The zero-order chi connectivity index (χ0) is 19.8. The van der Waals surface area contributed by atoms with Crippen LogP contribution in [0.4, 0.5) is 4.39 Å². The van der Waals surface area contributed by atoms with Crippen molar-refractivity contribution in [1.29, 1.82) is 0 Å². The van der Waals surface area contributed by atoms with Crippen molar-refractivity contribution in [2.24, 2.45) is 17.8 Å². The van der Waals surface area contributed by atoms with Crippen molar-refractivity contribution < 1.29 is 13.9 Å². The number of carbonyl (C=O) groups excluding carboxylic acids is 1. The molecule has 0 unspecified atom stereocenters. The Hall–Kier alpha value is -1.62. The van der Waals surface area contributed by atoms with Gasteiger partial charge in [-0.05, 0) is 37.2 Å². The van der Waals surface area contributed by atoms with E-state index in [9.17, 15) is 9.18 Å². The number of nitrogens with zero attached hydrogens (tertiary/aromatic N) is 1. The number of benzene rings is 1. The van der Waals surface area contributed by atoms with Gasteiger partial charge in [-0.3, -0.25) is 9.69 Å². The van der Waals surface area contributed by atoms with Gasteiger partial charge < -0.3 is 10.1 Å². The lowest BCUT2D eigenvalue weighted by molar-refractivity contribution is -0.130. The molecule has 1 saturated heterocycles. The summed E-state index contributed by atoms with van der Waals surface area (Å²) in [6, 6.07) is 5.09. The SMILES string of the molecule is CC.CC(C)CCOc1ccc(CN2CC(C(=O)NCC3CC3)C2)c(F)c1. The second kappa shape index (κ2) is 10.6. The molecule has 2 aliphatic rings. The van der Waals surface area contributed by atoms with Crippen LogP contribution in [0.25, 0.3) is 0 Å². The van der Waals surface area contributed by atoms with Crippen LogP contribution in [0, 0.1) is 23.6 Å². The topological polar surface area (TPSA) is 41.6 Å². The van der Waals surface area contributed by atoms with Crippen LogP contribution >= 0.6 is 0 Å². The van der Waals surface area contributed by atoms with E-state index in [0.717, 1.165) is 13.0 Å². The number of likely N-dealkylation sites (tertiary alicyclic amines) is 1. The van der Waals surface area contributed by atoms with Gasteiger partial charge in [0, 0.05) is 37.8 Å². The molecule has 1 saturated carbocycles. The molecule has 1 aromatic carbocycles. The summed E-state index contributed by atoms with van der Waals surface area (Å²) < 4.78 is 19.8. The number of halogens is 1. The van der Waals surface area contributed by atoms with Gasteiger partial charge in [0.2, 0.25) is 5.91 Å². The molecule has 0 radical (unpaired) electrons. The van der Waals surface area contributed by atoms with Gasteiger partial charge in [-0.2, -0.15) is 0 Å². The smallest absolute Gasteiger partial charge is 0.225 e. The first-order chi connectivity index (χ1) is 13.0. The molecule has 0 atom stereocenters. The standard InChI is InChI=1S/C20H29FN2O2.C2H6/c1-14(2)7-8-25-18-6-5-16(19(21)9-18)11-23-12-17(13-23)20(24)22-10-15-3-4-15;1-2/h5-6,9,14-15,17H,3-4,7-8,10-13H2,1-2H3,(H,22,24);1-2H3. The third kappa shape index (κ3) is 7.13. The first kappa shape index (κ1) is 21.7. The average molecular weight is 379 g/mol. The summed E-state index contributed by atoms with van der Waals surface area (Å²) >= 11 is 0. The number of hydrogen-bond donors (Lipinski definition) is 1. The number of amides is 1. The number of ether oxygens (including phenoxy) is 1. The highest BCUT2D eigenvalue weighted by molar-refractivity contribution is 5.80. The summed E-state index contributed by atoms with van der Waals surface area (Å²) in [5.41, 5.74) is 0.660. The van der Waals surface area contributed by atoms with Gasteiger partial charge in [-0.1, -0.05) is 33.8 Å². The molecule has 1 aromatic rings. The van der Waals surface area contributed by atoms with E-state index in [1.807, 2.05) is 19.9 Å². The van der Waals surface area contributed by atoms with E-state index in [1.54, 1.807) is 6.07 Å². The van der Waals surface area contributed by atoms with Gasteiger partial charge in [0.25, 0.3) is 0 Å². The van der Waals surface area contributed by atoms with Crippen LogP contribution in [0.5, 0.6) is 5.75 Å². The molecule has 1 N–H and O–H groups in total. The minimum absolute atomic E-state index is 0.0560. The van der Waals surface area contributed by atoms with Crippen LogP contribution in [0.2, 0.25) is 0 Å². The van der Waals surface area contributed by atoms with Crippen LogP contribution in [-0.4, -0.2) is 37.0 Å². The Morgan fingerprint density at radius 1 is 1.30 bits per heavy atom. The third-order valence-electron chi connectivity index (χ3n) is 4.97. The summed E-state index contributed by atoms with van der Waals surface area (Å²) in [6.07, 6.45) is 3.45. The predicted octanol–water partition coefficient (Wildman–Crippen LogP) is 4.23. The monoisotopic (exact) mass is 378 g/mol. The Labute approximate surface area is 163 Å². The van der Waals surface area contributed by atoms with Crippen LogP contribution in [0.3, 0.4) is 0 Å². The molecule has 2 fully saturated rings. The Balaban J connectivity index is 0.00000126. The molecule has 1 amide bonds. The van der Waals surface area contributed by atoms with Gasteiger partial charge in [0.15, 0.2) is 0 Å². The zero-order valence-corrected chi connectivity index (χ0v) is 17.3. The fourth-order valence-corrected chi connectivity index (χ4v) is 2.98. The van der Waals surface area contributed by atoms with Crippen molar-refractivity contribution in [3.8, 4) is 5.75 Å². The van der Waals surface area contributed by atoms with Crippen LogP contribution in [-0.2, 0) is 11.3 Å². The Morgan fingerprint density at radius 2 is 2.00 bits per heavy atom.